The molecule has 0 aliphatic carbocycles. The number of rotatable bonds is 2. The summed E-state index contributed by atoms with van der Waals surface area (Å²) in [7, 11) is 0. The number of carbonyl (C=O) groups excluding carboxylic acids is 1. The van der Waals surface area contributed by atoms with E-state index < -0.39 is 5.91 Å². The van der Waals surface area contributed by atoms with E-state index in [0.29, 0.717) is 5.56 Å². The molecule has 0 aliphatic heterocycles. The molecule has 1 amide bonds. The number of halogens is 1. The summed E-state index contributed by atoms with van der Waals surface area (Å²) in [5, 5.41) is 2.39. The van der Waals surface area contributed by atoms with E-state index in [2.05, 4.69) is 15.1 Å². The second-order valence-corrected chi connectivity index (χ2v) is 2.36. The first kappa shape index (κ1) is 8.73. The average molecular weight is 186 g/mol. The summed E-state index contributed by atoms with van der Waals surface area (Å²) in [4.78, 5) is 27.5. The van der Waals surface area contributed by atoms with E-state index in [-0.39, 0.29) is 11.6 Å². The molecule has 0 fully saturated rings. The number of nitrogens with zero attached hydrogens (tertiary/aromatic N) is 3. The molecule has 0 saturated heterocycles. The highest BCUT2D eigenvalue weighted by Gasteiger charge is 2.07. The summed E-state index contributed by atoms with van der Waals surface area (Å²) in [5.74, 6) is -0.785. The van der Waals surface area contributed by atoms with Crippen LogP contribution in [0.2, 0.25) is 5.15 Å². The maximum atomic E-state index is 10.5. The molecule has 0 N–H and O–H groups in total. The van der Waals surface area contributed by atoms with Crippen molar-refractivity contribution in [2.45, 2.75) is 6.42 Å². The highest BCUT2D eigenvalue weighted by molar-refractivity contribution is 6.30. The Balaban J connectivity index is 2.82. The highest BCUT2D eigenvalue weighted by Crippen LogP contribution is 2.10. The zero-order chi connectivity index (χ0) is 8.97. The van der Waals surface area contributed by atoms with Crippen LogP contribution in [0.15, 0.2) is 17.7 Å². The molecule has 62 valence electrons. The minimum atomic E-state index is -0.785. The molecule has 1 aromatic heterocycles. The number of carbonyl (C=O) groups is 1. The van der Waals surface area contributed by atoms with Crippen molar-refractivity contribution in [1.29, 1.82) is 0 Å². The molecular formula is C6H4ClN3O2. The third-order valence-electron chi connectivity index (χ3n) is 1.18. The van der Waals surface area contributed by atoms with E-state index in [4.69, 9.17) is 11.6 Å². The third kappa shape index (κ3) is 2.06. The van der Waals surface area contributed by atoms with E-state index in [9.17, 15) is 9.70 Å². The molecule has 0 unspecified atom stereocenters. The Hall–Kier alpha value is -1.36. The molecule has 0 saturated carbocycles. The van der Waals surface area contributed by atoms with Gasteiger partial charge in [0.05, 0.1) is 6.42 Å². The molecule has 1 rings (SSSR count). The fourth-order valence-corrected chi connectivity index (χ4v) is 0.817. The van der Waals surface area contributed by atoms with Crippen molar-refractivity contribution in [2.24, 2.45) is 5.18 Å². The summed E-state index contributed by atoms with van der Waals surface area (Å²) in [6.07, 6.45) is 2.48. The van der Waals surface area contributed by atoms with Gasteiger partial charge in [0.15, 0.2) is 0 Å². The smallest absolute Gasteiger partial charge is 0.269 e. The standard InChI is InChI=1S/C6H4ClN3O2/c7-6-4(1-5(11)10-12)2-8-3-9-6/h2-3H,1H2. The Morgan fingerprint density at radius 1 is 1.67 bits per heavy atom. The number of hydrogen-bond acceptors (Lipinski definition) is 4. The summed E-state index contributed by atoms with van der Waals surface area (Å²) in [6, 6.07) is 0. The minimum absolute atomic E-state index is 0.150. The van der Waals surface area contributed by atoms with Crippen molar-refractivity contribution in [3.8, 4) is 0 Å². The fourth-order valence-electron chi connectivity index (χ4n) is 0.657. The Bertz CT molecular complexity index is 315. The molecule has 1 heterocycles. The Kier molecular flexibility index (Phi) is 2.82. The van der Waals surface area contributed by atoms with E-state index in [1.54, 1.807) is 0 Å². The van der Waals surface area contributed by atoms with Crippen molar-refractivity contribution >= 4 is 17.5 Å². The molecule has 12 heavy (non-hydrogen) atoms. The van der Waals surface area contributed by atoms with Gasteiger partial charge in [0, 0.05) is 16.9 Å². The van der Waals surface area contributed by atoms with Crippen LogP contribution in [-0.4, -0.2) is 15.9 Å². The molecule has 0 aliphatic rings. The van der Waals surface area contributed by atoms with Crippen molar-refractivity contribution in [2.75, 3.05) is 0 Å². The van der Waals surface area contributed by atoms with E-state index >= 15 is 0 Å². The molecule has 0 spiro atoms. The molecule has 1 aromatic rings. The van der Waals surface area contributed by atoms with Gasteiger partial charge in [-0.15, -0.1) is 4.91 Å². The van der Waals surface area contributed by atoms with Crippen LogP contribution in [0, 0.1) is 4.91 Å². The van der Waals surface area contributed by atoms with Crippen LogP contribution in [0.4, 0.5) is 0 Å². The number of hydrogen-bond donors (Lipinski definition) is 0. The molecule has 0 atom stereocenters. The van der Waals surface area contributed by atoms with Crippen molar-refractivity contribution < 1.29 is 4.79 Å². The minimum Gasteiger partial charge on any atom is -0.269 e. The van der Waals surface area contributed by atoms with Crippen LogP contribution < -0.4 is 0 Å². The third-order valence-corrected chi connectivity index (χ3v) is 1.52. The first-order chi connectivity index (χ1) is 5.74. The second-order valence-electron chi connectivity index (χ2n) is 2.00. The monoisotopic (exact) mass is 185 g/mol. The van der Waals surface area contributed by atoms with E-state index in [1.807, 2.05) is 0 Å². The van der Waals surface area contributed by atoms with Crippen LogP contribution in [0.1, 0.15) is 5.56 Å². The zero-order valence-electron chi connectivity index (χ0n) is 5.90. The van der Waals surface area contributed by atoms with Gasteiger partial charge in [-0.25, -0.2) is 9.97 Å². The first-order valence-electron chi connectivity index (χ1n) is 3.04. The van der Waals surface area contributed by atoms with Gasteiger partial charge in [-0.3, -0.25) is 4.79 Å². The lowest BCUT2D eigenvalue weighted by Crippen LogP contribution is -1.99. The molecule has 0 radical (unpaired) electrons. The molecule has 6 heteroatoms. The summed E-state index contributed by atoms with van der Waals surface area (Å²) in [6.45, 7) is 0. The predicted molar refractivity (Wildman–Crippen MR) is 41.5 cm³/mol. The summed E-state index contributed by atoms with van der Waals surface area (Å²) >= 11 is 5.58. The van der Waals surface area contributed by atoms with Gasteiger partial charge in [0.2, 0.25) is 0 Å². The predicted octanol–water partition coefficient (Wildman–Crippen LogP) is 0.965. The van der Waals surface area contributed by atoms with Gasteiger partial charge in [0.1, 0.15) is 11.5 Å². The second kappa shape index (κ2) is 3.87. The summed E-state index contributed by atoms with van der Waals surface area (Å²) < 4.78 is 0. The topological polar surface area (TPSA) is 72.3 Å². The SMILES string of the molecule is O=NC(=O)Cc1cncnc1Cl. The Morgan fingerprint density at radius 2 is 2.42 bits per heavy atom. The van der Waals surface area contributed by atoms with E-state index in [1.165, 1.54) is 12.5 Å². The van der Waals surface area contributed by atoms with Gasteiger partial charge < -0.3 is 0 Å². The van der Waals surface area contributed by atoms with Gasteiger partial charge in [0.25, 0.3) is 5.91 Å². The lowest BCUT2D eigenvalue weighted by molar-refractivity contribution is -0.117. The highest BCUT2D eigenvalue weighted by atomic mass is 35.5. The van der Waals surface area contributed by atoms with Crippen LogP contribution in [0.25, 0.3) is 0 Å². The number of amides is 1. The molecule has 5 nitrogen and oxygen atoms in total. The van der Waals surface area contributed by atoms with Crippen molar-refractivity contribution in [3.05, 3.63) is 28.1 Å². The number of nitroso groups, excluding NO2 is 1. The maximum absolute atomic E-state index is 10.5. The normalized spacial score (nSPS) is 9.42. The van der Waals surface area contributed by atoms with Crippen molar-refractivity contribution in [1.82, 2.24) is 9.97 Å². The Morgan fingerprint density at radius 3 is 3.00 bits per heavy atom. The lowest BCUT2D eigenvalue weighted by atomic mass is 10.2. The van der Waals surface area contributed by atoms with E-state index in [0.717, 1.165) is 0 Å². The molecule has 0 aromatic carbocycles. The van der Waals surface area contributed by atoms with Crippen LogP contribution >= 0.6 is 11.6 Å². The molecular weight excluding hydrogens is 182 g/mol. The van der Waals surface area contributed by atoms with Gasteiger partial charge in [-0.2, -0.15) is 0 Å². The largest absolute Gasteiger partial charge is 0.290 e. The van der Waals surface area contributed by atoms with Gasteiger partial charge in [-0.1, -0.05) is 11.6 Å². The fraction of sp³-hybridized carbons (Fsp3) is 0.167. The number of aromatic nitrogens is 2. The van der Waals surface area contributed by atoms with Crippen LogP contribution in [0.3, 0.4) is 0 Å². The maximum Gasteiger partial charge on any atom is 0.290 e. The first-order valence-corrected chi connectivity index (χ1v) is 3.42. The quantitative estimate of drug-likeness (QED) is 0.508. The van der Waals surface area contributed by atoms with Crippen molar-refractivity contribution in [3.63, 3.8) is 0 Å². The van der Waals surface area contributed by atoms with Crippen LogP contribution in [-0.2, 0) is 11.2 Å². The van der Waals surface area contributed by atoms with Gasteiger partial charge in [-0.05, 0) is 0 Å². The van der Waals surface area contributed by atoms with Crippen LogP contribution in [0.5, 0.6) is 0 Å². The lowest BCUT2D eigenvalue weighted by Gasteiger charge is -1.95. The van der Waals surface area contributed by atoms with Gasteiger partial charge >= 0.3 is 0 Å². The zero-order valence-corrected chi connectivity index (χ0v) is 6.65. The summed E-state index contributed by atoms with van der Waals surface area (Å²) in [5.41, 5.74) is 0.406. The average Bonchev–Trinajstić information content (AvgIpc) is 2.09. The molecule has 0 bridgehead atoms. The Labute approximate surface area is 72.8 Å².